The van der Waals surface area contributed by atoms with Crippen molar-refractivity contribution in [1.82, 2.24) is 14.7 Å². The Balaban J connectivity index is 1.62. The van der Waals surface area contributed by atoms with Crippen molar-refractivity contribution in [3.8, 4) is 0 Å². The molecule has 0 spiro atoms. The van der Waals surface area contributed by atoms with Gasteiger partial charge in [-0.1, -0.05) is 54.6 Å². The SMILES string of the molecule is O=S(=O)(Cc1cccc(CF)c1)c1nc(CNCc2ccccc2)ns1. The Morgan fingerprint density at radius 3 is 2.46 bits per heavy atom. The maximum absolute atomic E-state index is 12.7. The predicted molar refractivity (Wildman–Crippen MR) is 99.0 cm³/mol. The largest absolute Gasteiger partial charge is 0.306 e. The first kappa shape index (κ1) is 18.6. The monoisotopic (exact) mass is 391 g/mol. The summed E-state index contributed by atoms with van der Waals surface area (Å²) in [6.07, 6.45) is 0. The number of aromatic nitrogens is 2. The maximum Gasteiger partial charge on any atom is 0.229 e. The van der Waals surface area contributed by atoms with Gasteiger partial charge in [0.2, 0.25) is 14.2 Å². The number of nitrogens with one attached hydrogen (secondary N) is 1. The zero-order valence-corrected chi connectivity index (χ0v) is 15.6. The van der Waals surface area contributed by atoms with Crippen LogP contribution in [0.15, 0.2) is 58.9 Å². The Kier molecular flexibility index (Phi) is 6.08. The van der Waals surface area contributed by atoms with Crippen molar-refractivity contribution >= 4 is 21.4 Å². The fourth-order valence-electron chi connectivity index (χ4n) is 2.43. The number of hydrogen-bond acceptors (Lipinski definition) is 6. The molecule has 8 heteroatoms. The third kappa shape index (κ3) is 4.94. The lowest BCUT2D eigenvalue weighted by molar-refractivity contribution is 0.485. The molecule has 136 valence electrons. The number of benzene rings is 2. The van der Waals surface area contributed by atoms with E-state index in [1.165, 1.54) is 0 Å². The lowest BCUT2D eigenvalue weighted by Crippen LogP contribution is -2.14. The molecule has 0 atom stereocenters. The van der Waals surface area contributed by atoms with E-state index in [0.717, 1.165) is 17.1 Å². The number of alkyl halides is 1. The van der Waals surface area contributed by atoms with E-state index < -0.39 is 16.5 Å². The smallest absolute Gasteiger partial charge is 0.229 e. The Bertz CT molecular complexity index is 959. The summed E-state index contributed by atoms with van der Waals surface area (Å²) in [6.45, 7) is 0.417. The highest BCUT2D eigenvalue weighted by atomic mass is 32.2. The van der Waals surface area contributed by atoms with Crippen LogP contribution in [0.5, 0.6) is 0 Å². The summed E-state index contributed by atoms with van der Waals surface area (Å²) in [4.78, 5) is 4.13. The van der Waals surface area contributed by atoms with Gasteiger partial charge in [-0.3, -0.25) is 0 Å². The van der Waals surface area contributed by atoms with E-state index in [2.05, 4.69) is 14.7 Å². The second-order valence-corrected chi connectivity index (χ2v) is 8.69. The van der Waals surface area contributed by atoms with Gasteiger partial charge in [0.25, 0.3) is 0 Å². The van der Waals surface area contributed by atoms with Crippen LogP contribution >= 0.6 is 11.5 Å². The Morgan fingerprint density at radius 1 is 0.962 bits per heavy atom. The number of sulfone groups is 1. The van der Waals surface area contributed by atoms with Crippen LogP contribution < -0.4 is 5.32 Å². The van der Waals surface area contributed by atoms with Crippen LogP contribution in [0.25, 0.3) is 0 Å². The molecule has 0 radical (unpaired) electrons. The first-order valence-corrected chi connectivity index (χ1v) is 10.4. The molecule has 1 heterocycles. The van der Waals surface area contributed by atoms with E-state index in [4.69, 9.17) is 0 Å². The summed E-state index contributed by atoms with van der Waals surface area (Å²) in [7, 11) is -3.60. The predicted octanol–water partition coefficient (Wildman–Crippen LogP) is 3.27. The zero-order chi connectivity index (χ0) is 18.4. The average Bonchev–Trinajstić information content (AvgIpc) is 3.12. The van der Waals surface area contributed by atoms with E-state index in [0.29, 0.717) is 30.0 Å². The molecule has 1 N–H and O–H groups in total. The van der Waals surface area contributed by atoms with Gasteiger partial charge in [0, 0.05) is 6.54 Å². The van der Waals surface area contributed by atoms with Crippen LogP contribution in [0.3, 0.4) is 0 Å². The second-order valence-electron chi connectivity index (χ2n) is 5.78. The van der Waals surface area contributed by atoms with Crippen molar-refractivity contribution in [2.24, 2.45) is 0 Å². The van der Waals surface area contributed by atoms with Crippen LogP contribution in [0.1, 0.15) is 22.5 Å². The van der Waals surface area contributed by atoms with Gasteiger partial charge in [0.05, 0.1) is 12.3 Å². The van der Waals surface area contributed by atoms with Gasteiger partial charge in [0.15, 0.2) is 5.82 Å². The van der Waals surface area contributed by atoms with Gasteiger partial charge >= 0.3 is 0 Å². The standard InChI is InChI=1S/C18H18FN3O2S2/c19-10-15-7-4-8-16(9-15)13-26(23,24)18-21-17(22-25-18)12-20-11-14-5-2-1-3-6-14/h1-9,20H,10-13H2. The molecule has 0 unspecified atom stereocenters. The normalized spacial score (nSPS) is 11.6. The molecular formula is C18H18FN3O2S2. The highest BCUT2D eigenvalue weighted by molar-refractivity contribution is 7.92. The highest BCUT2D eigenvalue weighted by Gasteiger charge is 2.21. The molecular weight excluding hydrogens is 373 g/mol. The third-order valence-electron chi connectivity index (χ3n) is 3.67. The number of halogens is 1. The molecule has 0 fully saturated rings. The third-order valence-corrected chi connectivity index (χ3v) is 6.54. The van der Waals surface area contributed by atoms with E-state index >= 15 is 0 Å². The molecule has 3 aromatic rings. The number of nitrogens with zero attached hydrogens (tertiary/aromatic N) is 2. The Morgan fingerprint density at radius 2 is 1.69 bits per heavy atom. The van der Waals surface area contributed by atoms with Crippen LogP contribution in [0, 0.1) is 0 Å². The quantitative estimate of drug-likeness (QED) is 0.638. The first-order valence-electron chi connectivity index (χ1n) is 8.00. The second kappa shape index (κ2) is 8.48. The van der Waals surface area contributed by atoms with Crippen LogP contribution in [0.4, 0.5) is 4.39 Å². The lowest BCUT2D eigenvalue weighted by Gasteiger charge is -2.03. The molecule has 0 aliphatic carbocycles. The van der Waals surface area contributed by atoms with E-state index in [1.807, 2.05) is 30.3 Å². The number of rotatable bonds is 8. The Hall–Kier alpha value is -2.16. The van der Waals surface area contributed by atoms with E-state index in [-0.39, 0.29) is 10.1 Å². The fraction of sp³-hybridized carbons (Fsp3) is 0.222. The molecule has 2 aromatic carbocycles. The summed E-state index contributed by atoms with van der Waals surface area (Å²) in [5.74, 6) is 0.231. The van der Waals surface area contributed by atoms with Crippen molar-refractivity contribution in [2.45, 2.75) is 29.9 Å². The molecule has 1 aromatic heterocycles. The molecule has 0 aliphatic heterocycles. The van der Waals surface area contributed by atoms with E-state index in [9.17, 15) is 12.8 Å². The average molecular weight is 391 g/mol. The summed E-state index contributed by atoms with van der Waals surface area (Å²) < 4.78 is 41.8. The molecule has 0 saturated carbocycles. The molecule has 0 bridgehead atoms. The van der Waals surface area contributed by atoms with Gasteiger partial charge in [-0.05, 0) is 28.2 Å². The van der Waals surface area contributed by atoms with Gasteiger partial charge in [-0.2, -0.15) is 4.37 Å². The van der Waals surface area contributed by atoms with Crippen molar-refractivity contribution in [1.29, 1.82) is 0 Å². The molecule has 0 saturated heterocycles. The summed E-state index contributed by atoms with van der Waals surface area (Å²) in [5, 5.41) is 3.19. The van der Waals surface area contributed by atoms with Crippen molar-refractivity contribution in [3.05, 3.63) is 77.1 Å². The van der Waals surface area contributed by atoms with Crippen molar-refractivity contribution < 1.29 is 12.8 Å². The van der Waals surface area contributed by atoms with Crippen molar-refractivity contribution in [3.63, 3.8) is 0 Å². The molecule has 0 aliphatic rings. The number of hydrogen-bond donors (Lipinski definition) is 1. The van der Waals surface area contributed by atoms with Gasteiger partial charge < -0.3 is 5.32 Å². The Labute approximate surface area is 156 Å². The summed E-state index contributed by atoms with van der Waals surface area (Å²) in [6, 6.07) is 16.4. The first-order chi connectivity index (χ1) is 12.6. The zero-order valence-electron chi connectivity index (χ0n) is 13.9. The van der Waals surface area contributed by atoms with E-state index in [1.54, 1.807) is 24.3 Å². The topological polar surface area (TPSA) is 72.0 Å². The van der Waals surface area contributed by atoms with Crippen LogP contribution in [-0.2, 0) is 35.4 Å². The highest BCUT2D eigenvalue weighted by Crippen LogP contribution is 2.19. The van der Waals surface area contributed by atoms with Crippen LogP contribution in [-0.4, -0.2) is 17.8 Å². The summed E-state index contributed by atoms with van der Waals surface area (Å²) in [5.41, 5.74) is 2.13. The minimum atomic E-state index is -3.60. The molecule has 5 nitrogen and oxygen atoms in total. The molecule has 3 rings (SSSR count). The van der Waals surface area contributed by atoms with Crippen LogP contribution in [0.2, 0.25) is 0 Å². The molecule has 26 heavy (non-hydrogen) atoms. The fourth-order valence-corrected chi connectivity index (χ4v) is 4.60. The van der Waals surface area contributed by atoms with Gasteiger partial charge in [-0.15, -0.1) is 0 Å². The maximum atomic E-state index is 12.7. The summed E-state index contributed by atoms with van der Waals surface area (Å²) >= 11 is 0.869. The van der Waals surface area contributed by atoms with Crippen molar-refractivity contribution in [2.75, 3.05) is 0 Å². The lowest BCUT2D eigenvalue weighted by atomic mass is 10.2. The minimum absolute atomic E-state index is 0.0142. The minimum Gasteiger partial charge on any atom is -0.306 e. The molecule has 0 amide bonds. The van der Waals surface area contributed by atoms with Gasteiger partial charge in [-0.25, -0.2) is 17.8 Å². The van der Waals surface area contributed by atoms with Gasteiger partial charge in [0.1, 0.15) is 6.67 Å².